The quantitative estimate of drug-likeness (QED) is 0.921. The summed E-state index contributed by atoms with van der Waals surface area (Å²) < 4.78 is 0. The number of piperazine rings is 1. The zero-order valence-electron chi connectivity index (χ0n) is 10.9. The van der Waals surface area contributed by atoms with Crippen LogP contribution in [0.1, 0.15) is 10.5 Å². The molecule has 5 nitrogen and oxygen atoms in total. The maximum absolute atomic E-state index is 12.2. The molecule has 6 heteroatoms. The first-order chi connectivity index (χ1) is 9.74. The summed E-state index contributed by atoms with van der Waals surface area (Å²) in [6, 6.07) is 7.80. The van der Waals surface area contributed by atoms with Gasteiger partial charge in [0, 0.05) is 36.9 Å². The SMILES string of the molecule is O=C(c1cnc[nH]1)N1CCN(c2cccc(Cl)c2)CC1. The Morgan fingerprint density at radius 2 is 2.05 bits per heavy atom. The summed E-state index contributed by atoms with van der Waals surface area (Å²) in [6.45, 7) is 3.01. The van der Waals surface area contributed by atoms with Gasteiger partial charge in [0.05, 0.1) is 12.5 Å². The van der Waals surface area contributed by atoms with Gasteiger partial charge >= 0.3 is 0 Å². The molecule has 2 aromatic rings. The maximum atomic E-state index is 12.2. The fourth-order valence-electron chi connectivity index (χ4n) is 2.38. The Labute approximate surface area is 122 Å². The van der Waals surface area contributed by atoms with E-state index in [1.807, 2.05) is 29.2 Å². The number of amides is 1. The van der Waals surface area contributed by atoms with E-state index < -0.39 is 0 Å². The number of nitrogens with zero attached hydrogens (tertiary/aromatic N) is 3. The predicted octanol–water partition coefficient (Wildman–Crippen LogP) is 2.03. The van der Waals surface area contributed by atoms with Crippen molar-refractivity contribution in [1.82, 2.24) is 14.9 Å². The van der Waals surface area contributed by atoms with Gasteiger partial charge in [-0.15, -0.1) is 0 Å². The molecule has 0 saturated carbocycles. The average molecular weight is 291 g/mol. The van der Waals surface area contributed by atoms with Crippen LogP contribution in [0.2, 0.25) is 5.02 Å². The normalized spacial score (nSPS) is 15.4. The molecule has 0 bridgehead atoms. The van der Waals surface area contributed by atoms with Crippen LogP contribution in [0.3, 0.4) is 0 Å². The largest absolute Gasteiger partial charge is 0.368 e. The number of aromatic nitrogens is 2. The van der Waals surface area contributed by atoms with Crippen LogP contribution in [-0.2, 0) is 0 Å². The van der Waals surface area contributed by atoms with Crippen molar-refractivity contribution in [2.75, 3.05) is 31.1 Å². The van der Waals surface area contributed by atoms with E-state index in [0.29, 0.717) is 18.8 Å². The van der Waals surface area contributed by atoms with Crippen LogP contribution < -0.4 is 4.90 Å². The van der Waals surface area contributed by atoms with Crippen molar-refractivity contribution in [3.8, 4) is 0 Å². The Balaban J connectivity index is 1.64. The Morgan fingerprint density at radius 1 is 1.25 bits per heavy atom. The molecular formula is C14H15ClN4O. The second kappa shape index (κ2) is 5.54. The van der Waals surface area contributed by atoms with Crippen LogP contribution in [0.15, 0.2) is 36.8 Å². The topological polar surface area (TPSA) is 52.2 Å². The van der Waals surface area contributed by atoms with Crippen molar-refractivity contribution in [3.05, 3.63) is 47.5 Å². The molecule has 0 spiro atoms. The molecule has 1 aliphatic heterocycles. The van der Waals surface area contributed by atoms with Crippen LogP contribution >= 0.6 is 11.6 Å². The van der Waals surface area contributed by atoms with Gasteiger partial charge < -0.3 is 14.8 Å². The summed E-state index contributed by atoms with van der Waals surface area (Å²) in [5.41, 5.74) is 1.65. The fraction of sp³-hybridized carbons (Fsp3) is 0.286. The second-order valence-electron chi connectivity index (χ2n) is 4.72. The monoisotopic (exact) mass is 290 g/mol. The van der Waals surface area contributed by atoms with Gasteiger partial charge in [-0.1, -0.05) is 17.7 Å². The number of rotatable bonds is 2. The van der Waals surface area contributed by atoms with Crippen molar-refractivity contribution in [1.29, 1.82) is 0 Å². The Bertz CT molecular complexity index is 591. The number of anilines is 1. The third-order valence-electron chi connectivity index (χ3n) is 3.47. The summed E-state index contributed by atoms with van der Waals surface area (Å²) in [5, 5.41) is 0.735. The highest BCUT2D eigenvalue weighted by molar-refractivity contribution is 6.30. The summed E-state index contributed by atoms with van der Waals surface area (Å²) >= 11 is 6.01. The number of carbonyl (C=O) groups is 1. The van der Waals surface area contributed by atoms with Crippen molar-refractivity contribution in [3.63, 3.8) is 0 Å². The number of hydrogen-bond donors (Lipinski definition) is 1. The minimum atomic E-state index is 0.00763. The Morgan fingerprint density at radius 3 is 2.70 bits per heavy atom. The summed E-state index contributed by atoms with van der Waals surface area (Å²) in [4.78, 5) is 23.0. The highest BCUT2D eigenvalue weighted by atomic mass is 35.5. The lowest BCUT2D eigenvalue weighted by molar-refractivity contribution is 0.0741. The third-order valence-corrected chi connectivity index (χ3v) is 3.70. The molecule has 1 aliphatic rings. The molecule has 2 heterocycles. The van der Waals surface area contributed by atoms with Crippen LogP contribution in [0.5, 0.6) is 0 Å². The number of aromatic amines is 1. The van der Waals surface area contributed by atoms with E-state index in [1.165, 1.54) is 6.33 Å². The average Bonchev–Trinajstić information content (AvgIpc) is 3.01. The number of carbonyl (C=O) groups excluding carboxylic acids is 1. The Hall–Kier alpha value is -2.01. The van der Waals surface area contributed by atoms with Crippen molar-refractivity contribution < 1.29 is 4.79 Å². The summed E-state index contributed by atoms with van der Waals surface area (Å²) in [6.07, 6.45) is 3.08. The third kappa shape index (κ3) is 2.63. The predicted molar refractivity (Wildman–Crippen MR) is 78.2 cm³/mol. The summed E-state index contributed by atoms with van der Waals surface area (Å²) in [7, 11) is 0. The first kappa shape index (κ1) is 13.0. The molecule has 104 valence electrons. The van der Waals surface area contributed by atoms with E-state index in [1.54, 1.807) is 6.20 Å². The minimum absolute atomic E-state index is 0.00763. The van der Waals surface area contributed by atoms with Crippen molar-refractivity contribution in [2.24, 2.45) is 0 Å². The van der Waals surface area contributed by atoms with E-state index in [9.17, 15) is 4.79 Å². The molecule has 1 aromatic carbocycles. The van der Waals surface area contributed by atoms with Gasteiger partial charge in [0.15, 0.2) is 0 Å². The highest BCUT2D eigenvalue weighted by Crippen LogP contribution is 2.21. The molecule has 0 atom stereocenters. The zero-order valence-corrected chi connectivity index (χ0v) is 11.7. The number of imidazole rings is 1. The molecule has 0 radical (unpaired) electrons. The molecular weight excluding hydrogens is 276 g/mol. The van der Waals surface area contributed by atoms with Gasteiger partial charge in [-0.25, -0.2) is 4.98 Å². The smallest absolute Gasteiger partial charge is 0.272 e. The van der Waals surface area contributed by atoms with Crippen molar-refractivity contribution in [2.45, 2.75) is 0 Å². The van der Waals surface area contributed by atoms with Gasteiger partial charge in [-0.3, -0.25) is 4.79 Å². The van der Waals surface area contributed by atoms with Crippen LogP contribution in [0.25, 0.3) is 0 Å². The summed E-state index contributed by atoms with van der Waals surface area (Å²) in [5.74, 6) is 0.00763. The van der Waals surface area contributed by atoms with Gasteiger partial charge in [0.25, 0.3) is 5.91 Å². The van der Waals surface area contributed by atoms with Crippen LogP contribution in [-0.4, -0.2) is 47.0 Å². The van der Waals surface area contributed by atoms with Crippen LogP contribution in [0.4, 0.5) is 5.69 Å². The van der Waals surface area contributed by atoms with Gasteiger partial charge in [-0.05, 0) is 18.2 Å². The lowest BCUT2D eigenvalue weighted by atomic mass is 10.2. The van der Waals surface area contributed by atoms with Crippen molar-refractivity contribution >= 4 is 23.2 Å². The maximum Gasteiger partial charge on any atom is 0.272 e. The molecule has 1 saturated heterocycles. The zero-order chi connectivity index (χ0) is 13.9. The molecule has 1 N–H and O–H groups in total. The number of nitrogens with one attached hydrogen (secondary N) is 1. The lowest BCUT2D eigenvalue weighted by Gasteiger charge is -2.36. The highest BCUT2D eigenvalue weighted by Gasteiger charge is 2.22. The molecule has 0 aliphatic carbocycles. The number of halogens is 1. The molecule has 1 amide bonds. The van der Waals surface area contributed by atoms with E-state index in [0.717, 1.165) is 23.8 Å². The standard InChI is InChI=1S/C14H15ClN4O/c15-11-2-1-3-12(8-11)18-4-6-19(7-5-18)14(20)13-9-16-10-17-13/h1-3,8-10H,4-7H2,(H,16,17). The van der Waals surface area contributed by atoms with Gasteiger partial charge in [0.1, 0.15) is 5.69 Å². The van der Waals surface area contributed by atoms with E-state index in [4.69, 9.17) is 11.6 Å². The molecule has 1 aromatic heterocycles. The first-order valence-corrected chi connectivity index (χ1v) is 6.90. The van der Waals surface area contributed by atoms with Gasteiger partial charge in [0.2, 0.25) is 0 Å². The number of H-pyrrole nitrogens is 1. The van der Waals surface area contributed by atoms with E-state index >= 15 is 0 Å². The first-order valence-electron chi connectivity index (χ1n) is 6.52. The van der Waals surface area contributed by atoms with E-state index in [2.05, 4.69) is 14.9 Å². The Kier molecular flexibility index (Phi) is 3.60. The molecule has 1 fully saturated rings. The van der Waals surface area contributed by atoms with E-state index in [-0.39, 0.29) is 5.91 Å². The lowest BCUT2D eigenvalue weighted by Crippen LogP contribution is -2.48. The molecule has 20 heavy (non-hydrogen) atoms. The molecule has 3 rings (SSSR count). The van der Waals surface area contributed by atoms with Gasteiger partial charge in [-0.2, -0.15) is 0 Å². The number of hydrogen-bond acceptors (Lipinski definition) is 3. The fourth-order valence-corrected chi connectivity index (χ4v) is 2.57. The van der Waals surface area contributed by atoms with Crippen LogP contribution in [0, 0.1) is 0 Å². The second-order valence-corrected chi connectivity index (χ2v) is 5.16. The molecule has 0 unspecified atom stereocenters. The number of benzene rings is 1. The minimum Gasteiger partial charge on any atom is -0.368 e.